The predicted octanol–water partition coefficient (Wildman–Crippen LogP) is 0.946. The number of halogens is 1. The van der Waals surface area contributed by atoms with Gasteiger partial charge in [-0.05, 0) is 36.4 Å². The Balaban J connectivity index is 2.07. The lowest BCUT2D eigenvalue weighted by Crippen LogP contribution is -2.34. The second kappa shape index (κ2) is 6.40. The van der Waals surface area contributed by atoms with Crippen LogP contribution in [0.15, 0.2) is 53.9 Å². The summed E-state index contributed by atoms with van der Waals surface area (Å²) >= 11 is 0. The van der Waals surface area contributed by atoms with Gasteiger partial charge in [0.15, 0.2) is 5.82 Å². The van der Waals surface area contributed by atoms with E-state index in [1.54, 1.807) is 34.9 Å². The number of imidazole rings is 1. The summed E-state index contributed by atoms with van der Waals surface area (Å²) in [6, 6.07) is 11.3. The minimum Gasteiger partial charge on any atom is -0.380 e. The van der Waals surface area contributed by atoms with E-state index in [0.29, 0.717) is 33.9 Å². The molecule has 4 rings (SSSR count). The fourth-order valence-corrected chi connectivity index (χ4v) is 2.98. The lowest BCUT2D eigenvalue weighted by atomic mass is 10.0. The summed E-state index contributed by atoms with van der Waals surface area (Å²) in [4.78, 5) is 8.55. The molecular weight excluding hydrogens is 361 g/mol. The first-order chi connectivity index (χ1) is 13.5. The number of hydrogen-bond acceptors (Lipinski definition) is 7. The van der Waals surface area contributed by atoms with Crippen LogP contribution < -0.4 is 22.9 Å². The van der Waals surface area contributed by atoms with Crippen LogP contribution in [-0.2, 0) is 0 Å². The molecule has 3 aromatic heterocycles. The summed E-state index contributed by atoms with van der Waals surface area (Å²) in [5.41, 5.74) is 9.03. The highest BCUT2D eigenvalue weighted by Crippen LogP contribution is 2.30. The Morgan fingerprint density at radius 3 is 2.50 bits per heavy atom. The van der Waals surface area contributed by atoms with Crippen LogP contribution in [0.3, 0.4) is 0 Å². The molecule has 0 aliphatic rings. The molecule has 0 aliphatic carbocycles. The number of nitrogen functional groups attached to an aromatic ring is 2. The first-order valence-corrected chi connectivity index (χ1v) is 8.08. The van der Waals surface area contributed by atoms with Crippen molar-refractivity contribution in [2.75, 3.05) is 11.6 Å². The Morgan fingerprint density at radius 2 is 1.82 bits per heavy atom. The predicted molar refractivity (Wildman–Crippen MR) is 101 cm³/mol. The van der Waals surface area contributed by atoms with Gasteiger partial charge in [-0.15, -0.1) is 0 Å². The molecule has 4 aromatic rings. The normalized spacial score (nSPS) is 11.6. The summed E-state index contributed by atoms with van der Waals surface area (Å²) in [6.07, 6.45) is 3.17. The zero-order valence-corrected chi connectivity index (χ0v) is 14.4. The van der Waals surface area contributed by atoms with E-state index in [0.717, 1.165) is 0 Å². The molecule has 10 heteroatoms. The van der Waals surface area contributed by atoms with E-state index in [9.17, 15) is 9.65 Å². The summed E-state index contributed by atoms with van der Waals surface area (Å²) in [5, 5.41) is 12.9. The smallest absolute Gasteiger partial charge is 0.213 e. The molecule has 1 aromatic carbocycles. The van der Waals surface area contributed by atoms with Gasteiger partial charge in [-0.1, -0.05) is 0 Å². The van der Waals surface area contributed by atoms with Crippen molar-refractivity contribution in [3.05, 3.63) is 65.8 Å². The molecular formula is C18H14FN9. The fourth-order valence-electron chi connectivity index (χ4n) is 2.98. The maximum absolute atomic E-state index is 13.4. The van der Waals surface area contributed by atoms with Crippen molar-refractivity contribution >= 4 is 11.5 Å². The van der Waals surface area contributed by atoms with Gasteiger partial charge in [0.25, 0.3) is 0 Å². The van der Waals surface area contributed by atoms with E-state index >= 15 is 0 Å². The molecule has 6 N–H and O–H groups in total. The van der Waals surface area contributed by atoms with Crippen LogP contribution in [0.25, 0.3) is 28.2 Å². The van der Waals surface area contributed by atoms with E-state index in [-0.39, 0.29) is 17.1 Å². The van der Waals surface area contributed by atoms with Gasteiger partial charge in [-0.2, -0.15) is 10.4 Å². The molecule has 0 unspecified atom stereocenters. The third kappa shape index (κ3) is 2.58. The topological polar surface area (TPSA) is 149 Å². The third-order valence-electron chi connectivity index (χ3n) is 4.29. The van der Waals surface area contributed by atoms with Gasteiger partial charge >= 0.3 is 0 Å². The maximum Gasteiger partial charge on any atom is 0.213 e. The molecule has 0 spiro atoms. The lowest BCUT2D eigenvalue weighted by Gasteiger charge is -2.16. The Bertz CT molecular complexity index is 1310. The number of pyridine rings is 1. The molecule has 138 valence electrons. The highest BCUT2D eigenvalue weighted by Gasteiger charge is 2.17. The molecule has 0 radical (unpaired) electrons. The average molecular weight is 375 g/mol. The van der Waals surface area contributed by atoms with Gasteiger partial charge in [0, 0.05) is 17.3 Å². The van der Waals surface area contributed by atoms with Crippen LogP contribution >= 0.6 is 0 Å². The van der Waals surface area contributed by atoms with Crippen LogP contribution in [-0.4, -0.2) is 19.0 Å². The first-order valence-electron chi connectivity index (χ1n) is 8.08. The highest BCUT2D eigenvalue weighted by atomic mass is 19.1. The number of benzene rings is 1. The molecule has 0 bridgehead atoms. The van der Waals surface area contributed by atoms with Crippen LogP contribution in [0.1, 0.15) is 5.69 Å². The Hall–Kier alpha value is -4.39. The number of aromatic nitrogens is 4. The summed E-state index contributed by atoms with van der Waals surface area (Å²) in [5.74, 6) is 11.3. The molecule has 0 aliphatic heterocycles. The van der Waals surface area contributed by atoms with Crippen molar-refractivity contribution in [3.8, 4) is 28.6 Å². The van der Waals surface area contributed by atoms with Crippen molar-refractivity contribution in [1.29, 1.82) is 5.26 Å². The van der Waals surface area contributed by atoms with Crippen molar-refractivity contribution in [1.82, 2.24) is 19.0 Å². The van der Waals surface area contributed by atoms with Crippen molar-refractivity contribution < 1.29 is 4.39 Å². The largest absolute Gasteiger partial charge is 0.380 e. The summed E-state index contributed by atoms with van der Waals surface area (Å²) < 4.78 is 16.2. The molecule has 0 saturated heterocycles. The number of hydrogen-bond donors (Lipinski definition) is 3. The van der Waals surface area contributed by atoms with E-state index < -0.39 is 0 Å². The highest BCUT2D eigenvalue weighted by molar-refractivity contribution is 5.79. The van der Waals surface area contributed by atoms with Crippen LogP contribution in [0, 0.1) is 17.1 Å². The zero-order chi connectivity index (χ0) is 19.8. The van der Waals surface area contributed by atoms with E-state index in [1.807, 2.05) is 0 Å². The van der Waals surface area contributed by atoms with Crippen LogP contribution in [0.2, 0.25) is 0 Å². The van der Waals surface area contributed by atoms with Crippen LogP contribution in [0.5, 0.6) is 0 Å². The molecule has 0 amide bonds. The minimum atomic E-state index is -0.383. The van der Waals surface area contributed by atoms with Gasteiger partial charge in [0.05, 0.1) is 17.6 Å². The zero-order valence-electron chi connectivity index (χ0n) is 14.4. The summed E-state index contributed by atoms with van der Waals surface area (Å²) in [6.45, 7) is 0. The van der Waals surface area contributed by atoms with Crippen molar-refractivity contribution in [2.24, 2.45) is 10.9 Å². The Kier molecular flexibility index (Phi) is 3.90. The van der Waals surface area contributed by atoms with E-state index in [1.165, 1.54) is 23.0 Å². The fraction of sp³-hybridized carbons (Fsp3) is 0. The second-order valence-corrected chi connectivity index (χ2v) is 5.93. The molecule has 0 atom stereocenters. The van der Waals surface area contributed by atoms with Gasteiger partial charge < -0.3 is 17.4 Å². The standard InChI is InChI=1S/C18H14FN9/c19-12-4-1-10(2-5-12)15-16(28(23)18(26-22)17(21)25-15)11-3-6-14-24-8-13(7-20)27(14)9-11/h1-6,8-9H,22-23H2,(H2,21,25)/b26-18-. The number of rotatable bonds is 2. The Morgan fingerprint density at radius 1 is 1.11 bits per heavy atom. The Labute approximate surface area is 157 Å². The van der Waals surface area contributed by atoms with Crippen molar-refractivity contribution in [3.63, 3.8) is 0 Å². The SMILES string of the molecule is N#Cc1cnc2ccc(-c3c(-c4ccc(F)cc4)nc(N)/c(=N/N)n3N)cn12. The first kappa shape index (κ1) is 17.0. The third-order valence-corrected chi connectivity index (χ3v) is 4.29. The molecule has 3 heterocycles. The van der Waals surface area contributed by atoms with Crippen molar-refractivity contribution in [2.45, 2.75) is 0 Å². The quantitative estimate of drug-likeness (QED) is 0.351. The lowest BCUT2D eigenvalue weighted by molar-refractivity contribution is 0.628. The van der Waals surface area contributed by atoms with Crippen LogP contribution in [0.4, 0.5) is 10.2 Å². The molecule has 28 heavy (non-hydrogen) atoms. The van der Waals surface area contributed by atoms with Gasteiger partial charge in [-0.3, -0.25) is 4.40 Å². The number of nitrogens with zero attached hydrogens (tertiary/aromatic N) is 6. The number of nitriles is 1. The average Bonchev–Trinajstić information content (AvgIpc) is 3.11. The van der Waals surface area contributed by atoms with Gasteiger partial charge in [0.1, 0.15) is 23.2 Å². The molecule has 9 nitrogen and oxygen atoms in total. The number of fused-ring (bicyclic) bond motifs is 1. The van der Waals surface area contributed by atoms with Gasteiger partial charge in [-0.25, -0.2) is 19.0 Å². The monoisotopic (exact) mass is 375 g/mol. The number of nitrogens with two attached hydrogens (primary N) is 3. The van der Waals surface area contributed by atoms with E-state index in [4.69, 9.17) is 17.4 Å². The summed E-state index contributed by atoms with van der Waals surface area (Å²) in [7, 11) is 0. The molecule has 0 fully saturated rings. The van der Waals surface area contributed by atoms with E-state index in [2.05, 4.69) is 21.1 Å². The second-order valence-electron chi connectivity index (χ2n) is 5.93. The number of anilines is 1. The maximum atomic E-state index is 13.4. The van der Waals surface area contributed by atoms with Gasteiger partial charge in [0.2, 0.25) is 5.49 Å². The molecule has 0 saturated carbocycles. The minimum absolute atomic E-state index is 0.0227.